The molecule has 2 heterocycles. The molecule has 1 unspecified atom stereocenters. The number of aryl methyl sites for hydroxylation is 1. The van der Waals surface area contributed by atoms with Crippen molar-refractivity contribution in [1.82, 2.24) is 9.47 Å². The second kappa shape index (κ2) is 7.32. The third-order valence-electron chi connectivity index (χ3n) is 5.87. The fourth-order valence-electron chi connectivity index (χ4n) is 4.31. The summed E-state index contributed by atoms with van der Waals surface area (Å²) in [6.45, 7) is 3.23. The molecule has 1 saturated carbocycles. The molecule has 152 valence electrons. The van der Waals surface area contributed by atoms with Gasteiger partial charge >= 0.3 is 12.1 Å². The van der Waals surface area contributed by atoms with Gasteiger partial charge < -0.3 is 9.47 Å². The Balaban J connectivity index is 1.77. The first-order valence-corrected chi connectivity index (χ1v) is 10.9. The van der Waals surface area contributed by atoms with Crippen molar-refractivity contribution in [2.75, 3.05) is 19.3 Å². The van der Waals surface area contributed by atoms with Gasteiger partial charge in [-0.2, -0.15) is 13.2 Å². The number of amides is 1. The number of carbonyl (C=O) groups is 1. The van der Waals surface area contributed by atoms with Gasteiger partial charge in [-0.1, -0.05) is 25.1 Å². The second-order valence-corrected chi connectivity index (χ2v) is 9.04. The molecule has 28 heavy (non-hydrogen) atoms. The number of hydrogen-bond donors (Lipinski definition) is 0. The Morgan fingerprint density at radius 1 is 1.29 bits per heavy atom. The number of rotatable bonds is 5. The number of aromatic nitrogens is 1. The van der Waals surface area contributed by atoms with Crippen LogP contribution in [0.4, 0.5) is 13.2 Å². The number of likely N-dealkylation sites (N-methyl/N-ethyl adjacent to an activating group) is 1. The van der Waals surface area contributed by atoms with Crippen LogP contribution < -0.4 is 0 Å². The van der Waals surface area contributed by atoms with E-state index in [1.165, 1.54) is 36.0 Å². The molecule has 2 aromatic rings. The Morgan fingerprint density at radius 2 is 2.04 bits per heavy atom. The highest BCUT2D eigenvalue weighted by atomic mass is 32.2. The van der Waals surface area contributed by atoms with E-state index in [2.05, 4.69) is 23.6 Å². The monoisotopic (exact) mass is 410 g/mol. The van der Waals surface area contributed by atoms with E-state index in [4.69, 9.17) is 0 Å². The lowest BCUT2D eigenvalue weighted by atomic mass is 9.94. The minimum Gasteiger partial charge on any atom is -0.337 e. The van der Waals surface area contributed by atoms with Crippen LogP contribution in [0.2, 0.25) is 0 Å². The number of halogens is 3. The molecule has 1 aliphatic carbocycles. The summed E-state index contributed by atoms with van der Waals surface area (Å²) in [5.41, 5.74) is 3.67. The van der Waals surface area contributed by atoms with Gasteiger partial charge in [0, 0.05) is 37.2 Å². The van der Waals surface area contributed by atoms with E-state index in [-0.39, 0.29) is 12.5 Å². The normalized spacial score (nSPS) is 19.7. The first-order valence-electron chi connectivity index (χ1n) is 9.90. The van der Waals surface area contributed by atoms with Crippen molar-refractivity contribution in [3.63, 3.8) is 0 Å². The van der Waals surface area contributed by atoms with Gasteiger partial charge in [0.2, 0.25) is 0 Å². The number of carbonyl (C=O) groups excluding carboxylic acids is 1. The van der Waals surface area contributed by atoms with Crippen molar-refractivity contribution in [2.24, 2.45) is 5.92 Å². The zero-order chi connectivity index (χ0) is 20.1. The number of alkyl halides is 3. The number of para-hydroxylation sites is 1. The standard InChI is InChI=1S/C21H25F3N2OS/c1-3-14-5-4-6-16-17-15(12-25(2)20(27)21(22,23)24)9-10-28-19(17)26(18(14)16)11-13-7-8-13/h4-6,13,15H,3,7-12H2,1-2H3. The van der Waals surface area contributed by atoms with Crippen LogP contribution in [0.5, 0.6) is 0 Å². The van der Waals surface area contributed by atoms with Gasteiger partial charge in [0.1, 0.15) is 0 Å². The summed E-state index contributed by atoms with van der Waals surface area (Å²) < 4.78 is 41.0. The predicted octanol–water partition coefficient (Wildman–Crippen LogP) is 5.21. The largest absolute Gasteiger partial charge is 0.471 e. The van der Waals surface area contributed by atoms with E-state index in [9.17, 15) is 18.0 Å². The average Bonchev–Trinajstić information content (AvgIpc) is 3.42. The van der Waals surface area contributed by atoms with Crippen LogP contribution in [0.15, 0.2) is 23.2 Å². The van der Waals surface area contributed by atoms with Crippen molar-refractivity contribution < 1.29 is 18.0 Å². The van der Waals surface area contributed by atoms with Gasteiger partial charge in [-0.05, 0) is 42.7 Å². The lowest BCUT2D eigenvalue weighted by Gasteiger charge is -2.28. The predicted molar refractivity (Wildman–Crippen MR) is 106 cm³/mol. The third kappa shape index (κ3) is 3.53. The van der Waals surface area contributed by atoms with E-state index < -0.39 is 12.1 Å². The highest BCUT2D eigenvalue weighted by Crippen LogP contribution is 2.46. The van der Waals surface area contributed by atoms with Crippen LogP contribution in [0, 0.1) is 5.92 Å². The fraction of sp³-hybridized carbons (Fsp3) is 0.571. The van der Waals surface area contributed by atoms with Gasteiger partial charge in [-0.15, -0.1) is 11.8 Å². The lowest BCUT2D eigenvalue weighted by Crippen LogP contribution is -2.40. The molecule has 1 fully saturated rings. The second-order valence-electron chi connectivity index (χ2n) is 7.96. The number of thioether (sulfide) groups is 1. The van der Waals surface area contributed by atoms with Gasteiger partial charge in [-0.3, -0.25) is 4.79 Å². The molecule has 2 aliphatic rings. The van der Waals surface area contributed by atoms with Crippen LogP contribution in [-0.4, -0.2) is 40.9 Å². The Bertz CT molecular complexity index is 901. The summed E-state index contributed by atoms with van der Waals surface area (Å²) in [5, 5.41) is 2.35. The molecule has 1 aromatic heterocycles. The van der Waals surface area contributed by atoms with Gasteiger partial charge in [-0.25, -0.2) is 0 Å². The number of hydrogen-bond acceptors (Lipinski definition) is 2. The van der Waals surface area contributed by atoms with Crippen LogP contribution in [-0.2, 0) is 17.8 Å². The molecule has 0 N–H and O–H groups in total. The van der Waals surface area contributed by atoms with Gasteiger partial charge in [0.05, 0.1) is 10.5 Å². The quantitative estimate of drug-likeness (QED) is 0.676. The van der Waals surface area contributed by atoms with Crippen LogP contribution in [0.1, 0.15) is 43.2 Å². The van der Waals surface area contributed by atoms with Crippen LogP contribution in [0.25, 0.3) is 10.9 Å². The van der Waals surface area contributed by atoms with Crippen LogP contribution in [0.3, 0.4) is 0 Å². The van der Waals surface area contributed by atoms with Crippen LogP contribution >= 0.6 is 11.8 Å². The molecule has 7 heteroatoms. The van der Waals surface area contributed by atoms with E-state index in [0.29, 0.717) is 5.92 Å². The topological polar surface area (TPSA) is 25.2 Å². The summed E-state index contributed by atoms with van der Waals surface area (Å²) in [6, 6.07) is 6.29. The van der Waals surface area contributed by atoms with E-state index in [0.717, 1.165) is 41.0 Å². The average molecular weight is 411 g/mol. The Kier molecular flexibility index (Phi) is 5.14. The first kappa shape index (κ1) is 19.7. The zero-order valence-electron chi connectivity index (χ0n) is 16.2. The number of benzene rings is 1. The van der Waals surface area contributed by atoms with Crippen molar-refractivity contribution in [1.29, 1.82) is 0 Å². The number of fused-ring (bicyclic) bond motifs is 3. The molecule has 1 amide bonds. The highest BCUT2D eigenvalue weighted by molar-refractivity contribution is 7.99. The Morgan fingerprint density at radius 3 is 2.68 bits per heavy atom. The SMILES string of the molecule is CCc1cccc2c3c(n(CC4CC4)c12)SCCC3CN(C)C(=O)C(F)(F)F. The molecule has 0 spiro atoms. The van der Waals surface area contributed by atoms with Crippen molar-refractivity contribution in [2.45, 2.75) is 56.3 Å². The molecule has 0 radical (unpaired) electrons. The summed E-state index contributed by atoms with van der Waals surface area (Å²) in [5.74, 6) is -0.250. The zero-order valence-corrected chi connectivity index (χ0v) is 17.0. The Hall–Kier alpha value is -1.63. The summed E-state index contributed by atoms with van der Waals surface area (Å²) in [7, 11) is 1.26. The molecule has 0 bridgehead atoms. The highest BCUT2D eigenvalue weighted by Gasteiger charge is 2.42. The molecule has 1 atom stereocenters. The van der Waals surface area contributed by atoms with E-state index >= 15 is 0 Å². The molecular formula is C21H25F3N2OS. The molecule has 1 aliphatic heterocycles. The molecule has 1 aromatic carbocycles. The Labute approximate surface area is 167 Å². The van der Waals surface area contributed by atoms with Gasteiger partial charge in [0.25, 0.3) is 0 Å². The molecule has 3 nitrogen and oxygen atoms in total. The maximum Gasteiger partial charge on any atom is 0.471 e. The summed E-state index contributed by atoms with van der Waals surface area (Å²) >= 11 is 1.81. The van der Waals surface area contributed by atoms with Gasteiger partial charge in [0.15, 0.2) is 0 Å². The summed E-state index contributed by atoms with van der Waals surface area (Å²) in [6.07, 6.45) is -0.617. The number of nitrogens with zero attached hydrogens (tertiary/aromatic N) is 2. The lowest BCUT2D eigenvalue weighted by molar-refractivity contribution is -0.184. The minimum atomic E-state index is -4.82. The first-order chi connectivity index (χ1) is 13.3. The van der Waals surface area contributed by atoms with E-state index in [1.54, 1.807) is 0 Å². The van der Waals surface area contributed by atoms with E-state index in [1.807, 2.05) is 17.8 Å². The third-order valence-corrected chi connectivity index (χ3v) is 7.02. The maximum absolute atomic E-state index is 12.9. The fourth-order valence-corrected chi connectivity index (χ4v) is 5.66. The van der Waals surface area contributed by atoms with Crippen molar-refractivity contribution in [3.05, 3.63) is 29.3 Å². The molecule has 0 saturated heterocycles. The minimum absolute atomic E-state index is 0.0670. The smallest absolute Gasteiger partial charge is 0.337 e. The van der Waals surface area contributed by atoms with Crippen molar-refractivity contribution >= 4 is 28.6 Å². The maximum atomic E-state index is 12.9. The summed E-state index contributed by atoms with van der Waals surface area (Å²) in [4.78, 5) is 12.5. The van der Waals surface area contributed by atoms with Crippen molar-refractivity contribution in [3.8, 4) is 0 Å². The molecular weight excluding hydrogens is 385 g/mol. The molecule has 4 rings (SSSR count).